The van der Waals surface area contributed by atoms with Crippen LogP contribution in [-0.4, -0.2) is 12.6 Å². The van der Waals surface area contributed by atoms with Crippen LogP contribution in [0.5, 0.6) is 0 Å². The molecule has 1 aliphatic carbocycles. The predicted octanol–water partition coefficient (Wildman–Crippen LogP) is 3.43. The number of hydrogen-bond donors (Lipinski definition) is 0. The van der Waals surface area contributed by atoms with Gasteiger partial charge in [-0.15, -0.1) is 0 Å². The largest absolute Gasteiger partial charge is 0.438 e. The van der Waals surface area contributed by atoms with E-state index in [0.29, 0.717) is 6.54 Å². The second kappa shape index (κ2) is 3.76. The van der Waals surface area contributed by atoms with Crippen molar-refractivity contribution in [3.63, 3.8) is 0 Å². The molecule has 3 heteroatoms. The van der Waals surface area contributed by atoms with Crippen molar-refractivity contribution in [1.82, 2.24) is 0 Å². The molecule has 0 bridgehead atoms. The fraction of sp³-hybridized carbons (Fsp3) is 0.500. The Bertz CT molecular complexity index is 449. The molecule has 1 aromatic rings. The molecule has 0 atom stereocenters. The number of anilines is 1. The zero-order chi connectivity index (χ0) is 11.9. The quantitative estimate of drug-likeness (QED) is 0.741. The van der Waals surface area contributed by atoms with E-state index < -0.39 is 0 Å². The van der Waals surface area contributed by atoms with Crippen molar-refractivity contribution >= 4 is 11.8 Å². The van der Waals surface area contributed by atoms with Gasteiger partial charge in [-0.2, -0.15) is 0 Å². The van der Waals surface area contributed by atoms with Gasteiger partial charge in [0, 0.05) is 12.1 Å². The Morgan fingerprint density at radius 3 is 2.71 bits per heavy atom. The Morgan fingerprint density at radius 2 is 2.00 bits per heavy atom. The second-order valence-electron chi connectivity index (χ2n) is 4.83. The van der Waals surface area contributed by atoms with Gasteiger partial charge in [0.25, 0.3) is 0 Å². The minimum absolute atomic E-state index is 0.187. The van der Waals surface area contributed by atoms with Gasteiger partial charge in [-0.05, 0) is 38.7 Å². The van der Waals surface area contributed by atoms with Crippen LogP contribution in [0.25, 0.3) is 0 Å². The molecular weight excluding hydrogens is 214 g/mol. The number of hydrogen-bond acceptors (Lipinski definition) is 2. The summed E-state index contributed by atoms with van der Waals surface area (Å²) in [6, 6.07) is 8.16. The molecule has 1 saturated carbocycles. The van der Waals surface area contributed by atoms with Crippen LogP contribution in [0, 0.1) is 0 Å². The first-order valence-corrected chi connectivity index (χ1v) is 6.37. The van der Waals surface area contributed by atoms with Crippen LogP contribution in [0.3, 0.4) is 0 Å². The van der Waals surface area contributed by atoms with E-state index in [1.165, 1.54) is 5.56 Å². The molecule has 0 unspecified atom stereocenters. The lowest BCUT2D eigenvalue weighted by Gasteiger charge is -2.40. The van der Waals surface area contributed by atoms with Gasteiger partial charge in [-0.1, -0.05) is 18.2 Å². The zero-order valence-corrected chi connectivity index (χ0v) is 10.1. The average molecular weight is 231 g/mol. The molecular formula is C14H17NO2. The molecule has 0 saturated heterocycles. The van der Waals surface area contributed by atoms with E-state index in [4.69, 9.17) is 4.74 Å². The van der Waals surface area contributed by atoms with E-state index >= 15 is 0 Å². The summed E-state index contributed by atoms with van der Waals surface area (Å²) in [6.45, 7) is 2.64. The first-order valence-electron chi connectivity index (χ1n) is 6.37. The topological polar surface area (TPSA) is 29.5 Å². The third kappa shape index (κ3) is 1.45. The summed E-state index contributed by atoms with van der Waals surface area (Å²) in [5.41, 5.74) is 1.89. The van der Waals surface area contributed by atoms with Crippen LogP contribution >= 0.6 is 0 Å². The van der Waals surface area contributed by atoms with Gasteiger partial charge in [-0.25, -0.2) is 4.79 Å². The molecule has 1 heterocycles. The number of nitrogens with zero attached hydrogens (tertiary/aromatic N) is 1. The Balaban J connectivity index is 2.14. The van der Waals surface area contributed by atoms with Crippen molar-refractivity contribution < 1.29 is 9.53 Å². The average Bonchev–Trinajstić information content (AvgIpc) is 2.79. The van der Waals surface area contributed by atoms with Crippen LogP contribution in [-0.2, 0) is 10.3 Å². The smallest absolute Gasteiger partial charge is 0.415 e. The van der Waals surface area contributed by atoms with Crippen LogP contribution in [0.2, 0.25) is 0 Å². The monoisotopic (exact) mass is 231 g/mol. The number of ether oxygens (including phenoxy) is 1. The van der Waals surface area contributed by atoms with Crippen molar-refractivity contribution in [2.45, 2.75) is 38.2 Å². The molecule has 0 radical (unpaired) electrons. The maximum Gasteiger partial charge on any atom is 0.415 e. The predicted molar refractivity (Wildman–Crippen MR) is 66.1 cm³/mol. The third-order valence-electron chi connectivity index (χ3n) is 3.92. The highest BCUT2D eigenvalue weighted by Gasteiger charge is 2.46. The van der Waals surface area contributed by atoms with E-state index in [9.17, 15) is 4.79 Å². The molecule has 2 aliphatic rings. The first-order chi connectivity index (χ1) is 8.27. The summed E-state index contributed by atoms with van der Waals surface area (Å²) in [4.78, 5) is 13.8. The second-order valence-corrected chi connectivity index (χ2v) is 4.83. The maximum absolute atomic E-state index is 12.1. The fourth-order valence-electron chi connectivity index (χ4n) is 3.09. The van der Waals surface area contributed by atoms with Gasteiger partial charge < -0.3 is 4.74 Å². The maximum atomic E-state index is 12.1. The Hall–Kier alpha value is -1.51. The van der Waals surface area contributed by atoms with Crippen molar-refractivity contribution in [3.8, 4) is 0 Å². The molecule has 1 aromatic carbocycles. The van der Waals surface area contributed by atoms with Gasteiger partial charge in [0.2, 0.25) is 0 Å². The molecule has 3 rings (SSSR count). The number of para-hydroxylation sites is 1. The summed E-state index contributed by atoms with van der Waals surface area (Å²) in [5.74, 6) is 0. The summed E-state index contributed by atoms with van der Waals surface area (Å²) in [6.07, 6.45) is 4.04. The highest BCUT2D eigenvalue weighted by Crippen LogP contribution is 2.48. The summed E-state index contributed by atoms with van der Waals surface area (Å²) < 4.78 is 5.75. The van der Waals surface area contributed by atoms with Crippen molar-refractivity contribution in [2.24, 2.45) is 0 Å². The standard InChI is InChI=1S/C14H17NO2/c1-2-15-12-8-4-3-7-11(12)14(17-13(15)16)9-5-6-10-14/h3-4,7-8H,2,5-6,9-10H2,1H3. The molecule has 17 heavy (non-hydrogen) atoms. The molecule has 1 spiro atoms. The van der Waals surface area contributed by atoms with Crippen LogP contribution < -0.4 is 4.90 Å². The van der Waals surface area contributed by atoms with Crippen LogP contribution in [0.1, 0.15) is 38.2 Å². The first kappa shape index (κ1) is 10.6. The minimum atomic E-state index is -0.334. The Kier molecular flexibility index (Phi) is 2.35. The Morgan fingerprint density at radius 1 is 1.29 bits per heavy atom. The van der Waals surface area contributed by atoms with Crippen molar-refractivity contribution in [2.75, 3.05) is 11.4 Å². The van der Waals surface area contributed by atoms with E-state index in [-0.39, 0.29) is 11.7 Å². The summed E-state index contributed by atoms with van der Waals surface area (Å²) >= 11 is 0. The van der Waals surface area contributed by atoms with Crippen LogP contribution in [0.15, 0.2) is 24.3 Å². The van der Waals surface area contributed by atoms with Gasteiger partial charge >= 0.3 is 6.09 Å². The number of rotatable bonds is 1. The zero-order valence-electron chi connectivity index (χ0n) is 10.1. The van der Waals surface area contributed by atoms with E-state index in [1.54, 1.807) is 4.90 Å². The molecule has 0 N–H and O–H groups in total. The number of fused-ring (bicyclic) bond motifs is 2. The van der Waals surface area contributed by atoms with Crippen LogP contribution in [0.4, 0.5) is 10.5 Å². The lowest BCUT2D eigenvalue weighted by molar-refractivity contribution is 0.0110. The molecule has 1 amide bonds. The number of benzene rings is 1. The number of amides is 1. The molecule has 90 valence electrons. The van der Waals surface area contributed by atoms with Gasteiger partial charge in [-0.3, -0.25) is 4.90 Å². The lowest BCUT2D eigenvalue weighted by Crippen LogP contribution is -2.44. The summed E-state index contributed by atoms with van der Waals surface area (Å²) in [5, 5.41) is 0. The minimum Gasteiger partial charge on any atom is -0.438 e. The van der Waals surface area contributed by atoms with Gasteiger partial charge in [0.1, 0.15) is 5.60 Å². The highest BCUT2D eigenvalue weighted by molar-refractivity contribution is 5.91. The normalized spacial score (nSPS) is 21.5. The molecule has 0 aromatic heterocycles. The summed E-state index contributed by atoms with van der Waals surface area (Å²) in [7, 11) is 0. The molecule has 1 fully saturated rings. The van der Waals surface area contributed by atoms with E-state index in [1.807, 2.05) is 25.1 Å². The number of carbonyl (C=O) groups is 1. The van der Waals surface area contributed by atoms with Crippen molar-refractivity contribution in [3.05, 3.63) is 29.8 Å². The highest BCUT2D eigenvalue weighted by atomic mass is 16.6. The lowest BCUT2D eigenvalue weighted by atomic mass is 9.89. The Labute approximate surface area is 101 Å². The molecule has 3 nitrogen and oxygen atoms in total. The van der Waals surface area contributed by atoms with E-state index in [2.05, 4.69) is 6.07 Å². The van der Waals surface area contributed by atoms with Gasteiger partial charge in [0.05, 0.1) is 5.69 Å². The SMILES string of the molecule is CCN1C(=O)OC2(CCCC2)c2ccccc21. The van der Waals surface area contributed by atoms with Crippen molar-refractivity contribution in [1.29, 1.82) is 0 Å². The fourth-order valence-corrected chi connectivity index (χ4v) is 3.09. The van der Waals surface area contributed by atoms with E-state index in [0.717, 1.165) is 31.4 Å². The van der Waals surface area contributed by atoms with Gasteiger partial charge in [0.15, 0.2) is 0 Å². The molecule has 1 aliphatic heterocycles. The third-order valence-corrected chi connectivity index (χ3v) is 3.92. The number of carbonyl (C=O) groups excluding carboxylic acids is 1.